The SMILES string of the molecule is [C-]#[N+]C1(c2ccc3c(I)c(NC(C)=O)nn3c2)CC1. The highest BCUT2D eigenvalue weighted by molar-refractivity contribution is 14.1. The van der Waals surface area contributed by atoms with Gasteiger partial charge >= 0.3 is 0 Å². The summed E-state index contributed by atoms with van der Waals surface area (Å²) in [6.07, 6.45) is 3.73. The van der Waals surface area contributed by atoms with Gasteiger partial charge in [0.2, 0.25) is 5.91 Å². The average Bonchev–Trinajstić information content (AvgIpc) is 3.12. The van der Waals surface area contributed by atoms with E-state index in [0.29, 0.717) is 5.82 Å². The molecule has 3 rings (SSSR count). The van der Waals surface area contributed by atoms with Gasteiger partial charge in [0.05, 0.1) is 14.7 Å². The maximum absolute atomic E-state index is 11.1. The summed E-state index contributed by atoms with van der Waals surface area (Å²) in [4.78, 5) is 14.8. The zero-order valence-electron chi connectivity index (χ0n) is 10.3. The fourth-order valence-corrected chi connectivity index (χ4v) is 2.79. The Kier molecular flexibility index (Phi) is 2.74. The van der Waals surface area contributed by atoms with Gasteiger partial charge < -0.3 is 10.2 Å². The molecule has 0 bridgehead atoms. The fourth-order valence-electron chi connectivity index (χ4n) is 2.12. The molecule has 1 saturated carbocycles. The van der Waals surface area contributed by atoms with Crippen molar-refractivity contribution in [1.82, 2.24) is 9.61 Å². The van der Waals surface area contributed by atoms with Gasteiger partial charge in [0.15, 0.2) is 5.82 Å². The summed E-state index contributed by atoms with van der Waals surface area (Å²) in [5.74, 6) is 0.430. The topological polar surface area (TPSA) is 50.8 Å². The molecule has 0 spiro atoms. The third-order valence-electron chi connectivity index (χ3n) is 3.34. The lowest BCUT2D eigenvalue weighted by Gasteiger charge is -2.02. The second kappa shape index (κ2) is 4.20. The number of rotatable bonds is 2. The molecule has 96 valence electrons. The molecule has 0 radical (unpaired) electrons. The smallest absolute Gasteiger partial charge is 0.259 e. The first kappa shape index (κ1) is 12.4. The van der Waals surface area contributed by atoms with E-state index in [9.17, 15) is 4.79 Å². The van der Waals surface area contributed by atoms with Crippen LogP contribution < -0.4 is 5.32 Å². The van der Waals surface area contributed by atoms with Crippen LogP contribution in [0.1, 0.15) is 25.3 Å². The minimum Gasteiger partial charge on any atom is -0.309 e. The molecule has 2 aromatic heterocycles. The summed E-state index contributed by atoms with van der Waals surface area (Å²) in [6.45, 7) is 8.75. The Balaban J connectivity index is 2.10. The second-order valence-electron chi connectivity index (χ2n) is 4.73. The van der Waals surface area contributed by atoms with Crippen LogP contribution in [0.5, 0.6) is 0 Å². The summed E-state index contributed by atoms with van der Waals surface area (Å²) >= 11 is 2.17. The van der Waals surface area contributed by atoms with E-state index >= 15 is 0 Å². The number of nitrogens with one attached hydrogen (secondary N) is 1. The molecule has 6 heteroatoms. The van der Waals surface area contributed by atoms with Gasteiger partial charge in [0.25, 0.3) is 5.54 Å². The molecule has 1 fully saturated rings. The van der Waals surface area contributed by atoms with Crippen LogP contribution in [-0.4, -0.2) is 15.5 Å². The monoisotopic (exact) mass is 366 g/mol. The van der Waals surface area contributed by atoms with Gasteiger partial charge in [-0.1, -0.05) is 0 Å². The van der Waals surface area contributed by atoms with Gasteiger partial charge in [0.1, 0.15) is 0 Å². The van der Waals surface area contributed by atoms with Crippen molar-refractivity contribution in [2.24, 2.45) is 0 Å². The number of carbonyl (C=O) groups is 1. The molecule has 0 aliphatic heterocycles. The Morgan fingerprint density at radius 1 is 1.58 bits per heavy atom. The number of halogens is 1. The number of aromatic nitrogens is 2. The van der Waals surface area contributed by atoms with Crippen molar-refractivity contribution in [1.29, 1.82) is 0 Å². The van der Waals surface area contributed by atoms with Crippen molar-refractivity contribution in [3.8, 4) is 0 Å². The van der Waals surface area contributed by atoms with Crippen LogP contribution in [0.25, 0.3) is 10.4 Å². The quantitative estimate of drug-likeness (QED) is 0.657. The van der Waals surface area contributed by atoms with E-state index in [1.807, 2.05) is 18.3 Å². The van der Waals surface area contributed by atoms with Crippen molar-refractivity contribution in [3.05, 3.63) is 38.9 Å². The van der Waals surface area contributed by atoms with Crippen LogP contribution in [-0.2, 0) is 10.3 Å². The minimum atomic E-state index is -0.334. The highest BCUT2D eigenvalue weighted by Gasteiger charge is 2.52. The Labute approximate surface area is 123 Å². The average molecular weight is 366 g/mol. The Morgan fingerprint density at radius 3 is 2.89 bits per heavy atom. The Bertz CT molecular complexity index is 724. The predicted molar refractivity (Wildman–Crippen MR) is 79.7 cm³/mol. The summed E-state index contributed by atoms with van der Waals surface area (Å²) < 4.78 is 2.65. The van der Waals surface area contributed by atoms with E-state index in [1.54, 1.807) is 4.52 Å². The third kappa shape index (κ3) is 1.98. The summed E-state index contributed by atoms with van der Waals surface area (Å²) in [5.41, 5.74) is 1.61. The van der Waals surface area contributed by atoms with Crippen molar-refractivity contribution in [2.75, 3.05) is 5.32 Å². The lowest BCUT2D eigenvalue weighted by Crippen LogP contribution is -2.07. The van der Waals surface area contributed by atoms with E-state index in [-0.39, 0.29) is 11.4 Å². The normalized spacial score (nSPS) is 16.1. The molecule has 19 heavy (non-hydrogen) atoms. The first-order valence-electron chi connectivity index (χ1n) is 5.90. The van der Waals surface area contributed by atoms with E-state index in [4.69, 9.17) is 6.57 Å². The van der Waals surface area contributed by atoms with Crippen LogP contribution >= 0.6 is 22.6 Å². The summed E-state index contributed by atoms with van der Waals surface area (Å²) in [5, 5.41) is 7.07. The van der Waals surface area contributed by atoms with Gasteiger partial charge in [-0.2, -0.15) is 0 Å². The molecule has 1 amide bonds. The van der Waals surface area contributed by atoms with Gasteiger partial charge in [-0.25, -0.2) is 11.1 Å². The maximum Gasteiger partial charge on any atom is 0.259 e. The largest absolute Gasteiger partial charge is 0.309 e. The number of carbonyl (C=O) groups excluding carboxylic acids is 1. The fraction of sp³-hybridized carbons (Fsp3) is 0.308. The van der Waals surface area contributed by atoms with Gasteiger partial charge in [-0.3, -0.25) is 4.79 Å². The predicted octanol–water partition coefficient (Wildman–Crippen LogP) is 2.81. The zero-order valence-corrected chi connectivity index (χ0v) is 12.4. The molecule has 0 saturated heterocycles. The highest BCUT2D eigenvalue weighted by atomic mass is 127. The van der Waals surface area contributed by atoms with Gasteiger partial charge in [0, 0.05) is 26.0 Å². The molecule has 0 aromatic carbocycles. The van der Waals surface area contributed by atoms with Crippen molar-refractivity contribution >= 4 is 39.8 Å². The molecule has 2 heterocycles. The summed E-state index contributed by atoms with van der Waals surface area (Å²) in [7, 11) is 0. The lowest BCUT2D eigenvalue weighted by atomic mass is 10.1. The van der Waals surface area contributed by atoms with E-state index < -0.39 is 0 Å². The zero-order chi connectivity index (χ0) is 13.6. The van der Waals surface area contributed by atoms with Gasteiger partial charge in [-0.15, -0.1) is 5.10 Å². The van der Waals surface area contributed by atoms with Crippen molar-refractivity contribution in [2.45, 2.75) is 25.3 Å². The Hall–Kier alpha value is -1.62. The molecule has 1 aliphatic rings. The Morgan fingerprint density at radius 2 is 2.32 bits per heavy atom. The molecule has 5 nitrogen and oxygen atoms in total. The molecular formula is C13H11IN4O. The van der Waals surface area contributed by atoms with Crippen LogP contribution in [0.15, 0.2) is 18.3 Å². The number of hydrogen-bond donors (Lipinski definition) is 1. The second-order valence-corrected chi connectivity index (χ2v) is 5.81. The number of nitrogens with zero attached hydrogens (tertiary/aromatic N) is 3. The molecule has 2 aromatic rings. The van der Waals surface area contributed by atoms with Crippen molar-refractivity contribution < 1.29 is 4.79 Å². The number of pyridine rings is 1. The number of amides is 1. The highest BCUT2D eigenvalue weighted by Crippen LogP contribution is 2.49. The number of fused-ring (bicyclic) bond motifs is 1. The van der Waals surface area contributed by atoms with Crippen LogP contribution in [0, 0.1) is 10.1 Å². The minimum absolute atomic E-state index is 0.138. The number of hydrogen-bond acceptors (Lipinski definition) is 2. The molecular weight excluding hydrogens is 355 g/mol. The van der Waals surface area contributed by atoms with E-state index in [1.165, 1.54) is 6.92 Å². The van der Waals surface area contributed by atoms with Crippen molar-refractivity contribution in [3.63, 3.8) is 0 Å². The van der Waals surface area contributed by atoms with Crippen LogP contribution in [0.2, 0.25) is 0 Å². The first-order chi connectivity index (χ1) is 9.05. The van der Waals surface area contributed by atoms with Crippen LogP contribution in [0.3, 0.4) is 0 Å². The molecule has 1 N–H and O–H groups in total. The first-order valence-corrected chi connectivity index (χ1v) is 6.98. The molecule has 0 atom stereocenters. The maximum atomic E-state index is 11.1. The molecule has 1 aliphatic carbocycles. The summed E-state index contributed by atoms with van der Waals surface area (Å²) in [6, 6.07) is 3.95. The lowest BCUT2D eigenvalue weighted by molar-refractivity contribution is -0.114. The molecule has 0 unspecified atom stereocenters. The van der Waals surface area contributed by atoms with Crippen LogP contribution in [0.4, 0.5) is 5.82 Å². The van der Waals surface area contributed by atoms with Gasteiger partial charge in [-0.05, 0) is 34.7 Å². The van der Waals surface area contributed by atoms with E-state index in [0.717, 1.165) is 27.5 Å². The third-order valence-corrected chi connectivity index (χ3v) is 4.40. The van der Waals surface area contributed by atoms with E-state index in [2.05, 4.69) is 37.9 Å². The standard InChI is InChI=1S/C13H11IN4O/c1-8(19)16-12-11(14)10-4-3-9(7-18(10)17-12)13(15-2)5-6-13/h3-4,7H,5-6H2,1H3,(H,16,17,19). The number of anilines is 1.